The highest BCUT2D eigenvalue weighted by Gasteiger charge is 2.43. The first-order valence-electron chi connectivity index (χ1n) is 9.38. The molecule has 2 aliphatic rings. The van der Waals surface area contributed by atoms with E-state index in [1.165, 1.54) is 13.0 Å². The fourth-order valence-electron chi connectivity index (χ4n) is 4.08. The number of carbonyl (C=O) groups excluding carboxylic acids is 2. The molecule has 2 amide bonds. The highest BCUT2D eigenvalue weighted by Crippen LogP contribution is 2.37. The van der Waals surface area contributed by atoms with Crippen LogP contribution < -0.4 is 5.32 Å². The van der Waals surface area contributed by atoms with E-state index >= 15 is 0 Å². The Morgan fingerprint density at radius 1 is 1.23 bits per heavy atom. The molecule has 1 aromatic carbocycles. The van der Waals surface area contributed by atoms with Crippen LogP contribution in [0.5, 0.6) is 0 Å². The van der Waals surface area contributed by atoms with Crippen LogP contribution in [0.4, 0.5) is 4.39 Å². The van der Waals surface area contributed by atoms with Crippen molar-refractivity contribution in [2.75, 3.05) is 26.3 Å². The van der Waals surface area contributed by atoms with E-state index < -0.39 is 5.41 Å². The first kappa shape index (κ1) is 18.8. The van der Waals surface area contributed by atoms with Crippen molar-refractivity contribution in [3.8, 4) is 0 Å². The standard InChI is InChI=1S/C20H27FN2O3/c1-15(24)22-17-6-10-23(11-7-17)19(25)20(8-12-26-13-9-20)14-16-4-2-3-5-18(16)21/h2-5,17H,6-14H2,1H3,(H,22,24). The summed E-state index contributed by atoms with van der Waals surface area (Å²) in [7, 11) is 0. The van der Waals surface area contributed by atoms with Gasteiger partial charge in [0.1, 0.15) is 5.82 Å². The molecule has 2 fully saturated rings. The topological polar surface area (TPSA) is 58.6 Å². The Balaban J connectivity index is 1.72. The van der Waals surface area contributed by atoms with Gasteiger partial charge in [0.25, 0.3) is 0 Å². The Bertz CT molecular complexity index is 650. The highest BCUT2D eigenvalue weighted by atomic mass is 19.1. The smallest absolute Gasteiger partial charge is 0.229 e. The molecule has 142 valence electrons. The number of likely N-dealkylation sites (tertiary alicyclic amines) is 1. The van der Waals surface area contributed by atoms with Gasteiger partial charge in [0.05, 0.1) is 5.41 Å². The molecule has 3 rings (SSSR count). The summed E-state index contributed by atoms with van der Waals surface area (Å²) in [6.45, 7) is 3.83. The molecule has 0 aliphatic carbocycles. The number of ether oxygens (including phenoxy) is 1. The molecule has 2 saturated heterocycles. The summed E-state index contributed by atoms with van der Waals surface area (Å²) in [6.07, 6.45) is 3.17. The largest absolute Gasteiger partial charge is 0.381 e. The normalized spacial score (nSPS) is 20.6. The maximum Gasteiger partial charge on any atom is 0.229 e. The third kappa shape index (κ3) is 4.23. The molecule has 6 heteroatoms. The molecule has 1 aromatic rings. The lowest BCUT2D eigenvalue weighted by Crippen LogP contribution is -2.53. The Hall–Kier alpha value is -1.95. The molecule has 5 nitrogen and oxygen atoms in total. The van der Waals surface area contributed by atoms with Gasteiger partial charge < -0.3 is 15.0 Å². The second kappa shape index (κ2) is 8.16. The number of carbonyl (C=O) groups is 2. The Labute approximate surface area is 153 Å². The summed E-state index contributed by atoms with van der Waals surface area (Å²) in [5, 5.41) is 2.93. The Kier molecular flexibility index (Phi) is 5.91. The molecule has 0 radical (unpaired) electrons. The van der Waals surface area contributed by atoms with Gasteiger partial charge in [-0.25, -0.2) is 4.39 Å². The van der Waals surface area contributed by atoms with Crippen molar-refractivity contribution in [1.82, 2.24) is 10.2 Å². The number of nitrogens with one attached hydrogen (secondary N) is 1. The van der Waals surface area contributed by atoms with Crippen molar-refractivity contribution in [2.45, 2.75) is 45.1 Å². The lowest BCUT2D eigenvalue weighted by atomic mass is 9.73. The van der Waals surface area contributed by atoms with Gasteiger partial charge in [-0.05, 0) is 43.7 Å². The zero-order valence-electron chi connectivity index (χ0n) is 15.3. The summed E-state index contributed by atoms with van der Waals surface area (Å²) in [5.74, 6) is -0.184. The van der Waals surface area contributed by atoms with Gasteiger partial charge in [0.15, 0.2) is 0 Å². The van der Waals surface area contributed by atoms with E-state index in [-0.39, 0.29) is 23.7 Å². The zero-order chi connectivity index (χ0) is 18.6. The van der Waals surface area contributed by atoms with Crippen LogP contribution in [-0.2, 0) is 20.7 Å². The number of halogens is 1. The van der Waals surface area contributed by atoms with E-state index in [4.69, 9.17) is 4.74 Å². The molecular formula is C20H27FN2O3. The van der Waals surface area contributed by atoms with Crippen LogP contribution in [0.3, 0.4) is 0 Å². The Morgan fingerprint density at radius 3 is 2.50 bits per heavy atom. The molecule has 2 heterocycles. The second-order valence-electron chi connectivity index (χ2n) is 7.43. The molecule has 2 aliphatic heterocycles. The lowest BCUT2D eigenvalue weighted by molar-refractivity contribution is -0.149. The van der Waals surface area contributed by atoms with E-state index in [0.29, 0.717) is 51.1 Å². The first-order valence-corrected chi connectivity index (χ1v) is 9.38. The average molecular weight is 362 g/mol. The molecule has 1 N–H and O–H groups in total. The van der Waals surface area contributed by atoms with Crippen LogP contribution in [0.2, 0.25) is 0 Å². The average Bonchev–Trinajstić information content (AvgIpc) is 2.64. The molecule has 0 saturated carbocycles. The molecule has 0 unspecified atom stereocenters. The molecule has 0 spiro atoms. The van der Waals surface area contributed by atoms with E-state index in [1.54, 1.807) is 12.1 Å². The van der Waals surface area contributed by atoms with Crippen LogP contribution in [0.25, 0.3) is 0 Å². The van der Waals surface area contributed by atoms with Crippen molar-refractivity contribution in [1.29, 1.82) is 0 Å². The zero-order valence-corrected chi connectivity index (χ0v) is 15.3. The van der Waals surface area contributed by atoms with E-state index in [2.05, 4.69) is 5.32 Å². The summed E-state index contributed by atoms with van der Waals surface area (Å²) in [6, 6.07) is 6.84. The molecular weight excluding hydrogens is 335 g/mol. The number of piperidine rings is 1. The molecule has 0 aromatic heterocycles. The number of hydrogen-bond donors (Lipinski definition) is 1. The number of nitrogens with zero attached hydrogens (tertiary/aromatic N) is 1. The maximum atomic E-state index is 14.2. The molecule has 0 bridgehead atoms. The number of rotatable bonds is 4. The van der Waals surface area contributed by atoms with Crippen molar-refractivity contribution >= 4 is 11.8 Å². The minimum atomic E-state index is -0.596. The van der Waals surface area contributed by atoms with E-state index in [1.807, 2.05) is 11.0 Å². The Morgan fingerprint density at radius 2 is 1.88 bits per heavy atom. The summed E-state index contributed by atoms with van der Waals surface area (Å²) < 4.78 is 19.7. The van der Waals surface area contributed by atoms with Gasteiger partial charge in [0.2, 0.25) is 11.8 Å². The van der Waals surface area contributed by atoms with Crippen LogP contribution in [0.15, 0.2) is 24.3 Å². The highest BCUT2D eigenvalue weighted by molar-refractivity contribution is 5.83. The predicted molar refractivity (Wildman–Crippen MR) is 96.0 cm³/mol. The van der Waals surface area contributed by atoms with E-state index in [0.717, 1.165) is 12.8 Å². The van der Waals surface area contributed by atoms with Crippen LogP contribution in [-0.4, -0.2) is 49.1 Å². The van der Waals surface area contributed by atoms with Gasteiger partial charge in [-0.2, -0.15) is 0 Å². The lowest BCUT2D eigenvalue weighted by Gasteiger charge is -2.42. The maximum absolute atomic E-state index is 14.2. The van der Waals surface area contributed by atoms with Crippen LogP contribution in [0.1, 0.15) is 38.2 Å². The molecule has 0 atom stereocenters. The fourth-order valence-corrected chi connectivity index (χ4v) is 4.08. The summed E-state index contributed by atoms with van der Waals surface area (Å²) in [4.78, 5) is 26.5. The third-order valence-electron chi connectivity index (χ3n) is 5.58. The van der Waals surface area contributed by atoms with Crippen LogP contribution in [0, 0.1) is 11.2 Å². The monoisotopic (exact) mass is 362 g/mol. The minimum Gasteiger partial charge on any atom is -0.381 e. The number of benzene rings is 1. The van der Waals surface area contributed by atoms with Crippen molar-refractivity contribution < 1.29 is 18.7 Å². The van der Waals surface area contributed by atoms with Gasteiger partial charge in [-0.15, -0.1) is 0 Å². The second-order valence-corrected chi connectivity index (χ2v) is 7.43. The minimum absolute atomic E-state index is 0.0322. The summed E-state index contributed by atoms with van der Waals surface area (Å²) in [5.41, 5.74) is -0.00254. The fraction of sp³-hybridized carbons (Fsp3) is 0.600. The predicted octanol–water partition coefficient (Wildman–Crippen LogP) is 2.29. The van der Waals surface area contributed by atoms with Crippen molar-refractivity contribution in [3.05, 3.63) is 35.6 Å². The van der Waals surface area contributed by atoms with Gasteiger partial charge >= 0.3 is 0 Å². The SMILES string of the molecule is CC(=O)NC1CCN(C(=O)C2(Cc3ccccc3F)CCOCC2)CC1. The van der Waals surface area contributed by atoms with Crippen LogP contribution >= 0.6 is 0 Å². The number of hydrogen-bond acceptors (Lipinski definition) is 3. The van der Waals surface area contributed by atoms with Gasteiger partial charge in [-0.1, -0.05) is 18.2 Å². The van der Waals surface area contributed by atoms with Crippen molar-refractivity contribution in [2.24, 2.45) is 5.41 Å². The molecule has 26 heavy (non-hydrogen) atoms. The van der Waals surface area contributed by atoms with Gasteiger partial charge in [-0.3, -0.25) is 9.59 Å². The first-order chi connectivity index (χ1) is 12.5. The van der Waals surface area contributed by atoms with Crippen molar-refractivity contribution in [3.63, 3.8) is 0 Å². The van der Waals surface area contributed by atoms with E-state index in [9.17, 15) is 14.0 Å². The third-order valence-corrected chi connectivity index (χ3v) is 5.58. The number of amides is 2. The quantitative estimate of drug-likeness (QED) is 0.894. The summed E-state index contributed by atoms with van der Waals surface area (Å²) >= 11 is 0. The van der Waals surface area contributed by atoms with Gasteiger partial charge in [0, 0.05) is 39.3 Å².